The molecule has 3 saturated heterocycles. The number of fused-ring (bicyclic) bond motifs is 3. The van der Waals surface area contributed by atoms with Crippen LogP contribution in [0.5, 0.6) is 0 Å². The molecule has 1 spiro atoms. The summed E-state index contributed by atoms with van der Waals surface area (Å²) in [5, 5.41) is 116. The highest BCUT2D eigenvalue weighted by Gasteiger charge is 2.68. The standard InChI is InChI=1S/C38H60O18/c1-16-11-37-9-5-20-35(2,7-4-8-36(20,3)34(49)50)21(37)6-10-38(16,15-37)56-33-30(55-32-28(48)26(46)23(43)18(13-40)52-32)29(24(44)19(14-41)53-33)54-31-27(47)25(45)22(42)17(12-39)51-31/h11,17-33,39-48H,4-10,12-15H2,1-3H3,(H,49,50)/t17-,18-,19-,20-,21-,22-,23-,24-,25+,26+,27-,28-,29+,30-,31+,32+,33+,35+,36?,37+,38+/m1/s1. The Bertz CT molecular complexity index is 1460. The molecule has 18 nitrogen and oxygen atoms in total. The topological polar surface area (TPSA) is 295 Å². The summed E-state index contributed by atoms with van der Waals surface area (Å²) in [6.07, 6.45) is -17.5. The maximum Gasteiger partial charge on any atom is 0.309 e. The maximum absolute atomic E-state index is 12.7. The lowest BCUT2D eigenvalue weighted by atomic mass is 9.40. The number of carbonyl (C=O) groups is 1. The van der Waals surface area contributed by atoms with Crippen molar-refractivity contribution in [3.8, 4) is 0 Å². The molecule has 0 aromatic heterocycles. The van der Waals surface area contributed by atoms with E-state index in [2.05, 4.69) is 13.0 Å². The van der Waals surface area contributed by atoms with Crippen LogP contribution in [0.3, 0.4) is 0 Å². The molecule has 3 saturated carbocycles. The van der Waals surface area contributed by atoms with E-state index < -0.39 is 129 Å². The third-order valence-electron chi connectivity index (χ3n) is 14.9. The van der Waals surface area contributed by atoms with Gasteiger partial charge in [0, 0.05) is 0 Å². The van der Waals surface area contributed by atoms with Crippen LogP contribution < -0.4 is 0 Å². The van der Waals surface area contributed by atoms with Crippen LogP contribution in [0.15, 0.2) is 11.6 Å². The third kappa shape index (κ3) is 6.69. The van der Waals surface area contributed by atoms with Gasteiger partial charge >= 0.3 is 5.97 Å². The van der Waals surface area contributed by atoms with Gasteiger partial charge in [-0.3, -0.25) is 4.79 Å². The molecule has 3 aliphatic heterocycles. The maximum atomic E-state index is 12.7. The van der Waals surface area contributed by atoms with Gasteiger partial charge in [0.1, 0.15) is 73.2 Å². The Balaban J connectivity index is 1.22. The zero-order valence-electron chi connectivity index (χ0n) is 31.9. The largest absolute Gasteiger partial charge is 0.481 e. The van der Waals surface area contributed by atoms with Crippen molar-refractivity contribution in [2.75, 3.05) is 19.8 Å². The smallest absolute Gasteiger partial charge is 0.309 e. The quantitative estimate of drug-likeness (QED) is 0.0812. The molecule has 11 N–H and O–H groups in total. The summed E-state index contributed by atoms with van der Waals surface area (Å²) >= 11 is 0. The van der Waals surface area contributed by atoms with Gasteiger partial charge in [0.25, 0.3) is 0 Å². The molecule has 7 aliphatic rings. The van der Waals surface area contributed by atoms with Gasteiger partial charge < -0.3 is 84.6 Å². The van der Waals surface area contributed by atoms with Gasteiger partial charge in [-0.2, -0.15) is 0 Å². The summed E-state index contributed by atoms with van der Waals surface area (Å²) in [6, 6.07) is 0. The van der Waals surface area contributed by atoms with Crippen molar-refractivity contribution in [2.24, 2.45) is 28.1 Å². The molecule has 0 aromatic rings. The number of aliphatic carboxylic acids is 1. The molecule has 0 amide bonds. The van der Waals surface area contributed by atoms with Crippen molar-refractivity contribution in [3.05, 3.63) is 11.6 Å². The Kier molecular flexibility index (Phi) is 11.9. The second kappa shape index (κ2) is 15.6. The molecule has 7 rings (SSSR count). The molecule has 56 heavy (non-hydrogen) atoms. The van der Waals surface area contributed by atoms with Gasteiger partial charge in [0.2, 0.25) is 0 Å². The van der Waals surface area contributed by atoms with Crippen molar-refractivity contribution < 1.29 is 89.4 Å². The summed E-state index contributed by atoms with van der Waals surface area (Å²) in [5.74, 6) is -0.619. The second-order valence-corrected chi connectivity index (χ2v) is 17.9. The number of allylic oxidation sites excluding steroid dienone is 1. The van der Waals surface area contributed by atoms with Crippen molar-refractivity contribution in [3.63, 3.8) is 0 Å². The molecule has 2 bridgehead atoms. The van der Waals surface area contributed by atoms with E-state index in [1.54, 1.807) is 0 Å². The normalized spacial score (nSPS) is 54.5. The Hall–Kier alpha value is -1.43. The second-order valence-electron chi connectivity index (χ2n) is 17.9. The molecular formula is C38H60O18. The van der Waals surface area contributed by atoms with Crippen molar-refractivity contribution >= 4 is 5.97 Å². The van der Waals surface area contributed by atoms with Crippen LogP contribution in [-0.4, -0.2) is 180 Å². The van der Waals surface area contributed by atoms with Gasteiger partial charge in [-0.15, -0.1) is 0 Å². The molecule has 21 atom stereocenters. The van der Waals surface area contributed by atoms with Crippen LogP contribution in [0.25, 0.3) is 0 Å². The number of hydrogen-bond donors (Lipinski definition) is 11. The van der Waals surface area contributed by atoms with Gasteiger partial charge in [0.05, 0.1) is 30.8 Å². The molecule has 1 unspecified atom stereocenters. The minimum atomic E-state index is -1.91. The summed E-state index contributed by atoms with van der Waals surface area (Å²) in [7, 11) is 0. The third-order valence-corrected chi connectivity index (χ3v) is 14.9. The van der Waals surface area contributed by atoms with Crippen LogP contribution in [-0.2, 0) is 33.2 Å². The highest BCUT2D eigenvalue weighted by molar-refractivity contribution is 5.75. The highest BCUT2D eigenvalue weighted by atomic mass is 16.8. The average Bonchev–Trinajstić information content (AvgIpc) is 3.36. The zero-order valence-corrected chi connectivity index (χ0v) is 31.9. The lowest BCUT2D eigenvalue weighted by Gasteiger charge is -2.64. The first-order chi connectivity index (χ1) is 26.4. The molecule has 320 valence electrons. The summed E-state index contributed by atoms with van der Waals surface area (Å²) in [6.45, 7) is 3.77. The first-order valence-electron chi connectivity index (χ1n) is 19.9. The van der Waals surface area contributed by atoms with Crippen molar-refractivity contribution in [1.29, 1.82) is 0 Å². The highest BCUT2D eigenvalue weighted by Crippen LogP contribution is 2.72. The zero-order chi connectivity index (χ0) is 40.7. The predicted molar refractivity (Wildman–Crippen MR) is 187 cm³/mol. The van der Waals surface area contributed by atoms with E-state index in [1.807, 2.05) is 13.8 Å². The van der Waals surface area contributed by atoms with Crippen molar-refractivity contribution in [1.82, 2.24) is 0 Å². The van der Waals surface area contributed by atoms with E-state index in [1.165, 1.54) is 0 Å². The monoisotopic (exact) mass is 804 g/mol. The van der Waals surface area contributed by atoms with E-state index in [0.29, 0.717) is 32.1 Å². The molecule has 6 fully saturated rings. The Morgan fingerprint density at radius 1 is 0.679 bits per heavy atom. The van der Waals surface area contributed by atoms with Gasteiger partial charge in [-0.05, 0) is 87.0 Å². The van der Waals surface area contributed by atoms with Gasteiger partial charge in [-0.25, -0.2) is 0 Å². The van der Waals surface area contributed by atoms with Gasteiger partial charge in [-0.1, -0.05) is 19.4 Å². The number of carboxylic acid groups (broad SMARTS) is 1. The van der Waals surface area contributed by atoms with E-state index in [0.717, 1.165) is 24.8 Å². The molecule has 0 radical (unpaired) electrons. The Morgan fingerprint density at radius 3 is 1.75 bits per heavy atom. The fourth-order valence-corrected chi connectivity index (χ4v) is 11.9. The first-order valence-corrected chi connectivity index (χ1v) is 19.9. The predicted octanol–water partition coefficient (Wildman–Crippen LogP) is -2.37. The Morgan fingerprint density at radius 2 is 1.20 bits per heavy atom. The van der Waals surface area contributed by atoms with Gasteiger partial charge in [0.15, 0.2) is 18.9 Å². The van der Waals surface area contributed by atoms with E-state index in [9.17, 15) is 61.0 Å². The lowest BCUT2D eigenvalue weighted by molar-refractivity contribution is -0.400. The van der Waals surface area contributed by atoms with Crippen LogP contribution >= 0.6 is 0 Å². The number of ether oxygens (including phenoxy) is 6. The summed E-state index contributed by atoms with van der Waals surface area (Å²) in [5.41, 5.74) is -1.51. The minimum Gasteiger partial charge on any atom is -0.481 e. The van der Waals surface area contributed by atoms with E-state index in [-0.39, 0.29) is 22.7 Å². The van der Waals surface area contributed by atoms with Crippen LogP contribution in [0.1, 0.15) is 72.1 Å². The fourth-order valence-electron chi connectivity index (χ4n) is 11.9. The fraction of sp³-hybridized carbons (Fsp3) is 0.921. The number of rotatable bonds is 10. The van der Waals surface area contributed by atoms with Crippen LogP contribution in [0.2, 0.25) is 0 Å². The number of carboxylic acids is 1. The molecular weight excluding hydrogens is 744 g/mol. The molecule has 18 heteroatoms. The first kappa shape index (κ1) is 42.7. The average molecular weight is 805 g/mol. The van der Waals surface area contributed by atoms with E-state index >= 15 is 0 Å². The van der Waals surface area contributed by atoms with Crippen molar-refractivity contribution in [2.45, 2.75) is 170 Å². The number of hydrogen-bond acceptors (Lipinski definition) is 17. The Labute approximate surface area is 324 Å². The molecule has 3 heterocycles. The summed E-state index contributed by atoms with van der Waals surface area (Å²) in [4.78, 5) is 12.7. The number of aliphatic hydroxyl groups excluding tert-OH is 10. The molecule has 4 aliphatic carbocycles. The van der Waals surface area contributed by atoms with Crippen LogP contribution in [0.4, 0.5) is 0 Å². The SMILES string of the molecule is CC1=C[C@]23CC[C@H]4C(C)(C(=O)O)CCC[C@]4(C)[C@H]2CC[C@]1(O[C@@H]1O[C@H](CO)[C@@H](O)[C@H](O[C@@H]2O[C@H](CO)[C@@H](O)[C@H](O)[C@H]2O)[C@H]1O[C@@H]1O[C@H](CO)[C@@H](O)[C@H](O)[C@H]1O)C3. The molecule has 0 aromatic carbocycles. The van der Waals surface area contributed by atoms with Crippen LogP contribution in [0, 0.1) is 28.1 Å². The summed E-state index contributed by atoms with van der Waals surface area (Å²) < 4.78 is 36.7. The lowest BCUT2D eigenvalue weighted by Crippen LogP contribution is -2.68. The number of aliphatic hydroxyl groups is 10. The van der Waals surface area contributed by atoms with E-state index in [4.69, 9.17) is 28.4 Å². The minimum absolute atomic E-state index is 0.00952.